The molecule has 0 atom stereocenters. The van der Waals surface area contributed by atoms with Crippen LogP contribution < -0.4 is 11.1 Å². The molecule has 0 aliphatic heterocycles. The maximum Gasteiger partial charge on any atom is 0.227 e. The number of carbonyl (C=O) groups is 1. The fourth-order valence-electron chi connectivity index (χ4n) is 1.11. The highest BCUT2D eigenvalue weighted by molar-refractivity contribution is 7.80. The van der Waals surface area contributed by atoms with Crippen molar-refractivity contribution < 1.29 is 4.79 Å². The van der Waals surface area contributed by atoms with E-state index in [9.17, 15) is 4.79 Å². The van der Waals surface area contributed by atoms with Gasteiger partial charge in [-0.05, 0) is 18.6 Å². The predicted molar refractivity (Wildman–Crippen MR) is 66.9 cm³/mol. The number of hydrogen-bond acceptors (Lipinski definition) is 3. The molecule has 82 valence electrons. The lowest BCUT2D eigenvalue weighted by molar-refractivity contribution is -0.120. The summed E-state index contributed by atoms with van der Waals surface area (Å²) in [6.45, 7) is 2.67. The van der Waals surface area contributed by atoms with Gasteiger partial charge in [-0.1, -0.05) is 19.1 Å². The highest BCUT2D eigenvalue weighted by Crippen LogP contribution is 2.16. The van der Waals surface area contributed by atoms with Gasteiger partial charge in [-0.3, -0.25) is 4.79 Å². The van der Waals surface area contributed by atoms with E-state index in [0.717, 1.165) is 11.3 Å². The number of hydrogen-bond donors (Lipinski definition) is 2. The Bertz CT molecular complexity index is 360. The van der Waals surface area contributed by atoms with E-state index < -0.39 is 0 Å². The summed E-state index contributed by atoms with van der Waals surface area (Å²) in [6.07, 6.45) is 1.16. The summed E-state index contributed by atoms with van der Waals surface area (Å²) in [5.41, 5.74) is 5.26. The van der Waals surface area contributed by atoms with Gasteiger partial charge < -0.3 is 11.1 Å². The average molecular weight is 242 g/mol. The first kappa shape index (κ1) is 12.1. The summed E-state index contributed by atoms with van der Waals surface area (Å²) in [5.74, 6) is -0.117. The lowest BCUT2D eigenvalue weighted by Crippen LogP contribution is -2.26. The summed E-state index contributed by atoms with van der Waals surface area (Å²) >= 11 is 6.36. The molecule has 3 nitrogen and oxygen atoms in total. The smallest absolute Gasteiger partial charge is 0.227 e. The van der Waals surface area contributed by atoms with Crippen molar-refractivity contribution in [3.63, 3.8) is 0 Å². The van der Waals surface area contributed by atoms with Crippen LogP contribution in [0.5, 0.6) is 0 Å². The molecule has 0 aliphatic rings. The molecule has 1 amide bonds. The molecule has 1 rings (SSSR count). The minimum Gasteiger partial charge on any atom is -0.393 e. The van der Waals surface area contributed by atoms with Gasteiger partial charge in [0.25, 0.3) is 0 Å². The topological polar surface area (TPSA) is 55.1 Å². The van der Waals surface area contributed by atoms with Crippen molar-refractivity contribution in [2.45, 2.75) is 26.3 Å². The van der Waals surface area contributed by atoms with Gasteiger partial charge in [-0.15, -0.1) is 11.3 Å². The zero-order chi connectivity index (χ0) is 11.3. The Morgan fingerprint density at radius 1 is 1.53 bits per heavy atom. The summed E-state index contributed by atoms with van der Waals surface area (Å²) in [5, 5.41) is 2.77. The fourth-order valence-corrected chi connectivity index (χ4v) is 2.14. The van der Waals surface area contributed by atoms with Crippen molar-refractivity contribution in [3.05, 3.63) is 21.9 Å². The SMILES string of the molecule is CCc1ccc(CNC(=O)CC(N)=S)s1. The Labute approximate surface area is 98.7 Å². The van der Waals surface area contributed by atoms with Crippen LogP contribution in [0.25, 0.3) is 0 Å². The Morgan fingerprint density at radius 2 is 2.20 bits per heavy atom. The first-order valence-electron chi connectivity index (χ1n) is 4.74. The molecule has 0 aromatic carbocycles. The van der Waals surface area contributed by atoms with Crippen molar-refractivity contribution in [1.82, 2.24) is 5.32 Å². The van der Waals surface area contributed by atoms with Crippen LogP contribution in [0.4, 0.5) is 0 Å². The normalized spacial score (nSPS) is 9.93. The minimum absolute atomic E-state index is 0.117. The molecule has 0 unspecified atom stereocenters. The summed E-state index contributed by atoms with van der Waals surface area (Å²) in [6, 6.07) is 4.12. The van der Waals surface area contributed by atoms with Crippen molar-refractivity contribution in [2.24, 2.45) is 5.73 Å². The van der Waals surface area contributed by atoms with Crippen molar-refractivity contribution >= 4 is 34.5 Å². The summed E-state index contributed by atoms with van der Waals surface area (Å²) in [7, 11) is 0. The van der Waals surface area contributed by atoms with E-state index in [4.69, 9.17) is 5.73 Å². The maximum atomic E-state index is 11.2. The van der Waals surface area contributed by atoms with Gasteiger partial charge in [-0.25, -0.2) is 0 Å². The van der Waals surface area contributed by atoms with Crippen LogP contribution in [0.3, 0.4) is 0 Å². The van der Waals surface area contributed by atoms with E-state index in [1.54, 1.807) is 11.3 Å². The summed E-state index contributed by atoms with van der Waals surface area (Å²) < 4.78 is 0. The van der Waals surface area contributed by atoms with Crippen LogP contribution >= 0.6 is 23.6 Å². The van der Waals surface area contributed by atoms with Crippen LogP contribution in [0, 0.1) is 0 Å². The second kappa shape index (κ2) is 5.82. The predicted octanol–water partition coefficient (Wildman–Crippen LogP) is 1.60. The van der Waals surface area contributed by atoms with E-state index in [1.165, 1.54) is 4.88 Å². The van der Waals surface area contributed by atoms with Gasteiger partial charge in [0, 0.05) is 9.75 Å². The molecule has 0 spiro atoms. The Kier molecular flexibility index (Phi) is 4.71. The molecule has 3 N–H and O–H groups in total. The van der Waals surface area contributed by atoms with Gasteiger partial charge in [0.1, 0.15) is 0 Å². The molecule has 0 radical (unpaired) electrons. The molecule has 1 heterocycles. The molecule has 0 saturated heterocycles. The van der Waals surface area contributed by atoms with Crippen molar-refractivity contribution in [2.75, 3.05) is 0 Å². The van der Waals surface area contributed by atoms with Crippen LogP contribution in [-0.2, 0) is 17.8 Å². The van der Waals surface area contributed by atoms with Crippen molar-refractivity contribution in [3.8, 4) is 0 Å². The van der Waals surface area contributed by atoms with E-state index in [1.807, 2.05) is 6.07 Å². The Hall–Kier alpha value is -0.940. The van der Waals surface area contributed by atoms with E-state index >= 15 is 0 Å². The van der Waals surface area contributed by atoms with E-state index in [0.29, 0.717) is 6.54 Å². The molecular weight excluding hydrogens is 228 g/mol. The molecule has 5 heteroatoms. The average Bonchev–Trinajstić information content (AvgIpc) is 2.61. The number of carbonyl (C=O) groups excluding carboxylic acids is 1. The molecule has 0 aliphatic carbocycles. The number of nitrogens with one attached hydrogen (secondary N) is 1. The zero-order valence-electron chi connectivity index (χ0n) is 8.58. The summed E-state index contributed by atoms with van der Waals surface area (Å²) in [4.78, 5) is 13.9. The molecule has 0 bridgehead atoms. The van der Waals surface area contributed by atoms with Gasteiger partial charge in [0.2, 0.25) is 5.91 Å². The van der Waals surface area contributed by atoms with Gasteiger partial charge in [0.05, 0.1) is 18.0 Å². The van der Waals surface area contributed by atoms with Crippen LogP contribution in [0.2, 0.25) is 0 Å². The van der Waals surface area contributed by atoms with Crippen LogP contribution in [0.1, 0.15) is 23.1 Å². The zero-order valence-corrected chi connectivity index (χ0v) is 10.2. The highest BCUT2D eigenvalue weighted by Gasteiger charge is 2.04. The number of amides is 1. The van der Waals surface area contributed by atoms with E-state index in [2.05, 4.69) is 30.5 Å². The third-order valence-electron chi connectivity index (χ3n) is 1.86. The number of nitrogens with two attached hydrogens (primary N) is 1. The van der Waals surface area contributed by atoms with Crippen molar-refractivity contribution in [1.29, 1.82) is 0 Å². The number of aryl methyl sites for hydroxylation is 1. The van der Waals surface area contributed by atoms with Crippen LogP contribution in [0.15, 0.2) is 12.1 Å². The van der Waals surface area contributed by atoms with E-state index in [-0.39, 0.29) is 17.3 Å². The third-order valence-corrected chi connectivity index (χ3v) is 3.23. The molecular formula is C10H14N2OS2. The molecule has 0 saturated carbocycles. The van der Waals surface area contributed by atoms with Gasteiger partial charge >= 0.3 is 0 Å². The third kappa shape index (κ3) is 4.40. The molecule has 0 fully saturated rings. The monoisotopic (exact) mass is 242 g/mol. The lowest BCUT2D eigenvalue weighted by atomic mass is 10.3. The first-order chi connectivity index (χ1) is 7.11. The Morgan fingerprint density at radius 3 is 2.73 bits per heavy atom. The second-order valence-corrected chi connectivity index (χ2v) is 4.92. The lowest BCUT2D eigenvalue weighted by Gasteiger charge is -2.01. The maximum absolute atomic E-state index is 11.2. The quantitative estimate of drug-likeness (QED) is 0.771. The number of rotatable bonds is 5. The Balaban J connectivity index is 2.36. The first-order valence-corrected chi connectivity index (χ1v) is 5.97. The molecule has 15 heavy (non-hydrogen) atoms. The van der Waals surface area contributed by atoms with Gasteiger partial charge in [-0.2, -0.15) is 0 Å². The standard InChI is InChI=1S/C10H14N2OS2/c1-2-7-3-4-8(15-7)6-12-10(13)5-9(11)14/h3-4H,2,5-6H2,1H3,(H2,11,14)(H,12,13). The van der Waals surface area contributed by atoms with Gasteiger partial charge in [0.15, 0.2) is 0 Å². The minimum atomic E-state index is -0.117. The fraction of sp³-hybridized carbons (Fsp3) is 0.400. The molecule has 1 aromatic heterocycles. The molecule has 1 aromatic rings. The second-order valence-electron chi connectivity index (χ2n) is 3.14. The number of thiophene rings is 1. The largest absolute Gasteiger partial charge is 0.393 e. The number of thiocarbonyl (C=S) groups is 1. The highest BCUT2D eigenvalue weighted by atomic mass is 32.1. The van der Waals surface area contributed by atoms with Crippen LogP contribution in [-0.4, -0.2) is 10.9 Å².